The molecular formula is C17H20F3NO4. The predicted octanol–water partition coefficient (Wildman–Crippen LogP) is 2.60. The van der Waals surface area contributed by atoms with Crippen LogP contribution < -0.4 is 4.74 Å². The van der Waals surface area contributed by atoms with Gasteiger partial charge >= 0.3 is 12.1 Å². The highest BCUT2D eigenvalue weighted by Crippen LogP contribution is 2.38. The fourth-order valence-electron chi connectivity index (χ4n) is 3.08. The van der Waals surface area contributed by atoms with Crippen LogP contribution in [0.1, 0.15) is 12.5 Å². The SMILES string of the molecule is COc1ccc(CC(C)C(=O)N2C[C@@H](C(F)(F)F)[C@H](C(=O)O)C2)cc1. The second-order valence-electron chi connectivity index (χ2n) is 6.29. The molecule has 0 saturated carbocycles. The Morgan fingerprint density at radius 3 is 2.32 bits per heavy atom. The number of carboxylic acid groups (broad SMARTS) is 1. The van der Waals surface area contributed by atoms with Crippen LogP contribution in [-0.4, -0.2) is 48.3 Å². The van der Waals surface area contributed by atoms with Crippen LogP contribution in [0.15, 0.2) is 24.3 Å². The Hall–Kier alpha value is -2.25. The summed E-state index contributed by atoms with van der Waals surface area (Å²) in [6.07, 6.45) is -4.29. The predicted molar refractivity (Wildman–Crippen MR) is 83.1 cm³/mol. The third kappa shape index (κ3) is 4.43. The van der Waals surface area contributed by atoms with Gasteiger partial charge in [0.1, 0.15) is 5.75 Å². The minimum absolute atomic E-state index is 0.355. The van der Waals surface area contributed by atoms with Gasteiger partial charge in [-0.15, -0.1) is 0 Å². The van der Waals surface area contributed by atoms with E-state index in [1.165, 1.54) is 7.11 Å². The van der Waals surface area contributed by atoms with Crippen LogP contribution in [0.5, 0.6) is 5.75 Å². The maximum atomic E-state index is 13.0. The number of hydrogen-bond donors (Lipinski definition) is 1. The fraction of sp³-hybridized carbons (Fsp3) is 0.529. The molecule has 1 amide bonds. The number of aliphatic carboxylic acids is 1. The second-order valence-corrected chi connectivity index (χ2v) is 6.29. The van der Waals surface area contributed by atoms with E-state index in [4.69, 9.17) is 9.84 Å². The molecule has 1 aromatic rings. The zero-order valence-electron chi connectivity index (χ0n) is 13.9. The number of carboxylic acids is 1. The lowest BCUT2D eigenvalue weighted by Crippen LogP contribution is -2.36. The van der Waals surface area contributed by atoms with Crippen LogP contribution >= 0.6 is 0 Å². The van der Waals surface area contributed by atoms with Gasteiger partial charge in [-0.1, -0.05) is 19.1 Å². The van der Waals surface area contributed by atoms with Gasteiger partial charge in [0.25, 0.3) is 0 Å². The molecule has 1 aromatic carbocycles. The van der Waals surface area contributed by atoms with Gasteiger partial charge in [0.2, 0.25) is 5.91 Å². The summed E-state index contributed by atoms with van der Waals surface area (Å²) in [4.78, 5) is 24.6. The summed E-state index contributed by atoms with van der Waals surface area (Å²) in [5, 5.41) is 9.02. The number of carbonyl (C=O) groups excluding carboxylic acids is 1. The van der Waals surface area contributed by atoms with E-state index < -0.39 is 48.9 Å². The molecule has 5 nitrogen and oxygen atoms in total. The molecule has 3 atom stereocenters. The van der Waals surface area contributed by atoms with E-state index in [2.05, 4.69) is 0 Å². The van der Waals surface area contributed by atoms with Gasteiger partial charge in [-0.3, -0.25) is 9.59 Å². The largest absolute Gasteiger partial charge is 0.497 e. The molecule has 2 rings (SSSR count). The number of likely N-dealkylation sites (tertiary alicyclic amines) is 1. The van der Waals surface area contributed by atoms with E-state index in [1.807, 2.05) is 0 Å². The molecule has 138 valence electrons. The number of ether oxygens (including phenoxy) is 1. The third-order valence-electron chi connectivity index (χ3n) is 4.49. The number of methoxy groups -OCH3 is 1. The lowest BCUT2D eigenvalue weighted by atomic mass is 9.96. The Morgan fingerprint density at radius 2 is 1.88 bits per heavy atom. The van der Waals surface area contributed by atoms with Crippen molar-refractivity contribution in [2.24, 2.45) is 17.8 Å². The molecule has 1 saturated heterocycles. The van der Waals surface area contributed by atoms with E-state index >= 15 is 0 Å². The van der Waals surface area contributed by atoms with Crippen molar-refractivity contribution in [3.05, 3.63) is 29.8 Å². The first-order valence-corrected chi connectivity index (χ1v) is 7.84. The summed E-state index contributed by atoms with van der Waals surface area (Å²) >= 11 is 0. The molecule has 0 radical (unpaired) electrons. The topological polar surface area (TPSA) is 66.8 Å². The number of carbonyl (C=O) groups is 2. The lowest BCUT2D eigenvalue weighted by molar-refractivity contribution is -0.188. The van der Waals surface area contributed by atoms with Crippen molar-refractivity contribution in [1.82, 2.24) is 4.90 Å². The zero-order chi connectivity index (χ0) is 18.8. The third-order valence-corrected chi connectivity index (χ3v) is 4.49. The average molecular weight is 359 g/mol. The molecule has 1 aliphatic heterocycles. The van der Waals surface area contributed by atoms with Crippen molar-refractivity contribution in [1.29, 1.82) is 0 Å². The standard InChI is InChI=1S/C17H20F3NO4/c1-10(7-11-3-5-12(25-2)6-4-11)15(22)21-8-13(16(23)24)14(9-21)17(18,19)20/h3-6,10,13-14H,7-9H2,1-2H3,(H,23,24)/t10?,13-,14-/m1/s1. The highest BCUT2D eigenvalue weighted by Gasteiger charge is 2.53. The summed E-state index contributed by atoms with van der Waals surface area (Å²) in [6.45, 7) is 0.612. The summed E-state index contributed by atoms with van der Waals surface area (Å²) < 4.78 is 44.1. The fourth-order valence-corrected chi connectivity index (χ4v) is 3.08. The number of hydrogen-bond acceptors (Lipinski definition) is 3. The van der Waals surface area contributed by atoms with Crippen molar-refractivity contribution in [3.63, 3.8) is 0 Å². The molecule has 0 aromatic heterocycles. The quantitative estimate of drug-likeness (QED) is 0.878. The van der Waals surface area contributed by atoms with Crippen molar-refractivity contribution in [3.8, 4) is 5.75 Å². The van der Waals surface area contributed by atoms with Gasteiger partial charge in [-0.2, -0.15) is 13.2 Å². The van der Waals surface area contributed by atoms with Crippen molar-refractivity contribution >= 4 is 11.9 Å². The maximum Gasteiger partial charge on any atom is 0.394 e. The van der Waals surface area contributed by atoms with Crippen LogP contribution in [0.4, 0.5) is 13.2 Å². The van der Waals surface area contributed by atoms with Crippen molar-refractivity contribution in [2.45, 2.75) is 19.5 Å². The summed E-state index contributed by atoms with van der Waals surface area (Å²) in [6, 6.07) is 7.04. The van der Waals surface area contributed by atoms with Gasteiger partial charge in [-0.25, -0.2) is 0 Å². The summed E-state index contributed by atoms with van der Waals surface area (Å²) in [5.74, 6) is -5.51. The lowest BCUT2D eigenvalue weighted by Gasteiger charge is -2.21. The van der Waals surface area contributed by atoms with Crippen LogP contribution in [0.2, 0.25) is 0 Å². The second kappa shape index (κ2) is 7.33. The summed E-state index contributed by atoms with van der Waals surface area (Å²) in [5.41, 5.74) is 0.850. The molecule has 8 heteroatoms. The van der Waals surface area contributed by atoms with Crippen LogP contribution in [0.3, 0.4) is 0 Å². The number of amides is 1. The van der Waals surface area contributed by atoms with Gasteiger partial charge < -0.3 is 14.7 Å². The molecule has 1 N–H and O–H groups in total. The first kappa shape index (κ1) is 19.1. The number of nitrogens with zero attached hydrogens (tertiary/aromatic N) is 1. The molecule has 1 fully saturated rings. The van der Waals surface area contributed by atoms with Gasteiger partial charge in [0, 0.05) is 19.0 Å². The minimum Gasteiger partial charge on any atom is -0.497 e. The molecule has 1 heterocycles. The first-order chi connectivity index (χ1) is 11.6. The Kier molecular flexibility index (Phi) is 5.59. The molecule has 1 unspecified atom stereocenters. The van der Waals surface area contributed by atoms with E-state index in [9.17, 15) is 22.8 Å². The van der Waals surface area contributed by atoms with E-state index in [1.54, 1.807) is 31.2 Å². The van der Waals surface area contributed by atoms with Crippen LogP contribution in [0.25, 0.3) is 0 Å². The van der Waals surface area contributed by atoms with Crippen molar-refractivity contribution in [2.75, 3.05) is 20.2 Å². The maximum absolute atomic E-state index is 13.0. The monoisotopic (exact) mass is 359 g/mol. The molecule has 0 bridgehead atoms. The van der Waals surface area contributed by atoms with Gasteiger partial charge in [-0.05, 0) is 24.1 Å². The highest BCUT2D eigenvalue weighted by molar-refractivity contribution is 5.81. The number of alkyl halides is 3. The molecule has 25 heavy (non-hydrogen) atoms. The van der Waals surface area contributed by atoms with Gasteiger partial charge in [0.15, 0.2) is 0 Å². The van der Waals surface area contributed by atoms with Crippen LogP contribution in [0, 0.1) is 17.8 Å². The zero-order valence-corrected chi connectivity index (χ0v) is 13.9. The summed E-state index contributed by atoms with van der Waals surface area (Å²) in [7, 11) is 1.53. The molecule has 0 aliphatic carbocycles. The van der Waals surface area contributed by atoms with E-state index in [0.717, 1.165) is 10.5 Å². The molecule has 0 spiro atoms. The van der Waals surface area contributed by atoms with Crippen molar-refractivity contribution < 1.29 is 32.6 Å². The Labute approximate surface area is 143 Å². The van der Waals surface area contributed by atoms with E-state index in [-0.39, 0.29) is 0 Å². The Balaban J connectivity index is 2.05. The first-order valence-electron chi connectivity index (χ1n) is 7.84. The molecular weight excluding hydrogens is 339 g/mol. The Bertz CT molecular complexity index is 630. The minimum atomic E-state index is -4.64. The highest BCUT2D eigenvalue weighted by atomic mass is 19.4. The average Bonchev–Trinajstić information content (AvgIpc) is 3.00. The number of benzene rings is 1. The number of rotatable bonds is 5. The van der Waals surface area contributed by atoms with Crippen LogP contribution in [-0.2, 0) is 16.0 Å². The normalized spacial score (nSPS) is 21.9. The molecule has 1 aliphatic rings. The van der Waals surface area contributed by atoms with E-state index in [0.29, 0.717) is 12.2 Å². The van der Waals surface area contributed by atoms with Gasteiger partial charge in [0.05, 0.1) is 18.9 Å². The Morgan fingerprint density at radius 1 is 1.28 bits per heavy atom. The number of halogens is 3. The smallest absolute Gasteiger partial charge is 0.394 e.